The van der Waals surface area contributed by atoms with Crippen LogP contribution in [0.4, 0.5) is 0 Å². The van der Waals surface area contributed by atoms with Gasteiger partial charge in [-0.25, -0.2) is 4.79 Å². The Morgan fingerprint density at radius 1 is 1.45 bits per heavy atom. The van der Waals surface area contributed by atoms with E-state index in [9.17, 15) is 14.2 Å². The Morgan fingerprint density at radius 2 is 2.20 bits per heavy atom. The minimum atomic E-state index is -3.02. The van der Waals surface area contributed by atoms with Gasteiger partial charge in [0.2, 0.25) is 0 Å². The number of H-pyrrole nitrogens is 1. The number of rotatable bonds is 9. The molecule has 114 valence electrons. The molecule has 1 heterocycles. The average molecular weight is 308 g/mol. The molecule has 1 aromatic heterocycles. The van der Waals surface area contributed by atoms with Crippen molar-refractivity contribution in [1.29, 1.82) is 0 Å². The molecule has 0 fully saturated rings. The minimum Gasteiger partial charge on any atom is -0.382 e. The summed E-state index contributed by atoms with van der Waals surface area (Å²) < 4.78 is 26.6. The van der Waals surface area contributed by atoms with E-state index in [1.807, 2.05) is 0 Å². The summed E-state index contributed by atoms with van der Waals surface area (Å²) in [6, 6.07) is 1.23. The second-order valence-corrected chi connectivity index (χ2v) is 4.65. The maximum atomic E-state index is 11.4. The van der Waals surface area contributed by atoms with Crippen molar-refractivity contribution in [2.45, 2.75) is 12.6 Å². The Hall–Kier alpha value is -1.25. The van der Waals surface area contributed by atoms with E-state index in [0.29, 0.717) is 0 Å². The second-order valence-electron chi connectivity index (χ2n) is 3.83. The summed E-state index contributed by atoms with van der Waals surface area (Å²) in [6.45, 7) is 0.498. The number of nitrogens with one attached hydrogen (secondary N) is 1. The van der Waals surface area contributed by atoms with Crippen LogP contribution >= 0.6 is 8.25 Å². The van der Waals surface area contributed by atoms with Gasteiger partial charge in [0.05, 0.1) is 26.4 Å². The largest absolute Gasteiger partial charge is 0.382 e. The molecule has 2 unspecified atom stereocenters. The van der Waals surface area contributed by atoms with Crippen LogP contribution in [0.5, 0.6) is 0 Å². The molecule has 0 saturated heterocycles. The third-order valence-electron chi connectivity index (χ3n) is 2.33. The molecule has 1 rings (SSSR count). The van der Waals surface area contributed by atoms with Gasteiger partial charge in [-0.05, 0) is 0 Å². The van der Waals surface area contributed by atoms with Gasteiger partial charge in [0.25, 0.3) is 5.56 Å². The number of aromatic nitrogens is 2. The molecular formula is C10H17N2O7P. The van der Waals surface area contributed by atoms with Crippen LogP contribution < -0.4 is 11.2 Å². The van der Waals surface area contributed by atoms with Gasteiger partial charge in [-0.1, -0.05) is 0 Å². The Kier molecular flexibility index (Phi) is 7.42. The lowest BCUT2D eigenvalue weighted by Gasteiger charge is -2.16. The Bertz CT molecular complexity index is 541. The van der Waals surface area contributed by atoms with Crippen LogP contribution in [-0.2, 0) is 25.1 Å². The zero-order valence-corrected chi connectivity index (χ0v) is 11.9. The van der Waals surface area contributed by atoms with Gasteiger partial charge in [-0.15, -0.1) is 0 Å². The van der Waals surface area contributed by atoms with E-state index in [0.717, 1.165) is 0 Å². The topological polar surface area (TPSA) is 120 Å². The highest BCUT2D eigenvalue weighted by molar-refractivity contribution is 7.32. The first kappa shape index (κ1) is 16.8. The molecule has 0 aromatic carbocycles. The molecule has 0 aliphatic heterocycles. The van der Waals surface area contributed by atoms with Crippen LogP contribution in [0.3, 0.4) is 0 Å². The first-order valence-electron chi connectivity index (χ1n) is 5.79. The zero-order chi connectivity index (χ0) is 15.0. The van der Waals surface area contributed by atoms with Gasteiger partial charge < -0.3 is 18.9 Å². The van der Waals surface area contributed by atoms with E-state index in [-0.39, 0.29) is 26.4 Å². The van der Waals surface area contributed by atoms with Crippen LogP contribution in [0.1, 0.15) is 0 Å². The van der Waals surface area contributed by atoms with Crippen LogP contribution in [0.15, 0.2) is 21.9 Å². The summed E-state index contributed by atoms with van der Waals surface area (Å²) in [7, 11) is -1.55. The third-order valence-corrected chi connectivity index (χ3v) is 2.74. The standard InChI is InChI=1S/C10H17N2O7P/c1-17-6-8(7-19-20(15)16)18-5-4-12-3-2-9(13)11-10(12)14/h2-3,8,20H,4-7H2,1H3,(H,15,16)(H,11,13,14). The summed E-state index contributed by atoms with van der Waals surface area (Å²) in [5.41, 5.74) is -0.994. The fraction of sp³-hybridized carbons (Fsp3) is 0.600. The number of methoxy groups -OCH3 is 1. The van der Waals surface area contributed by atoms with Crippen molar-refractivity contribution in [3.05, 3.63) is 33.1 Å². The lowest BCUT2D eigenvalue weighted by Crippen LogP contribution is -2.31. The SMILES string of the molecule is COCC(CO[PH](=O)O)OCCn1ccc(=O)[nH]c1=O. The number of ether oxygens (including phenoxy) is 2. The second kappa shape index (κ2) is 8.83. The summed E-state index contributed by atoms with van der Waals surface area (Å²) in [5, 5.41) is 0. The normalized spacial score (nSPS) is 14.1. The van der Waals surface area contributed by atoms with Crippen molar-refractivity contribution in [1.82, 2.24) is 9.55 Å². The first-order valence-corrected chi connectivity index (χ1v) is 7.05. The summed E-state index contributed by atoms with van der Waals surface area (Å²) in [4.78, 5) is 33.0. The predicted molar refractivity (Wildman–Crippen MR) is 70.1 cm³/mol. The van der Waals surface area contributed by atoms with Gasteiger partial charge in [0.1, 0.15) is 6.10 Å². The molecule has 0 aliphatic carbocycles. The highest BCUT2D eigenvalue weighted by Crippen LogP contribution is 2.15. The van der Waals surface area contributed by atoms with E-state index in [2.05, 4.69) is 9.51 Å². The van der Waals surface area contributed by atoms with E-state index in [1.165, 1.54) is 23.9 Å². The molecule has 0 aliphatic rings. The van der Waals surface area contributed by atoms with E-state index in [1.54, 1.807) is 0 Å². The van der Waals surface area contributed by atoms with Crippen molar-refractivity contribution in [3.8, 4) is 0 Å². The monoisotopic (exact) mass is 308 g/mol. The van der Waals surface area contributed by atoms with Crippen LogP contribution in [0.25, 0.3) is 0 Å². The van der Waals surface area contributed by atoms with Gasteiger partial charge in [-0.2, -0.15) is 0 Å². The van der Waals surface area contributed by atoms with E-state index >= 15 is 0 Å². The molecule has 0 spiro atoms. The minimum absolute atomic E-state index is 0.0807. The molecule has 2 atom stereocenters. The molecule has 0 bridgehead atoms. The van der Waals surface area contributed by atoms with Crippen LogP contribution in [-0.4, -0.2) is 47.5 Å². The predicted octanol–water partition coefficient (Wildman–Crippen LogP) is -1.03. The lowest BCUT2D eigenvalue weighted by molar-refractivity contribution is -0.0286. The molecule has 20 heavy (non-hydrogen) atoms. The van der Waals surface area contributed by atoms with Crippen molar-refractivity contribution >= 4 is 8.25 Å². The third kappa shape index (κ3) is 6.27. The zero-order valence-electron chi connectivity index (χ0n) is 10.9. The number of aromatic amines is 1. The fourth-order valence-electron chi connectivity index (χ4n) is 1.43. The Labute approximate surface area is 115 Å². The maximum Gasteiger partial charge on any atom is 0.328 e. The Balaban J connectivity index is 2.44. The highest BCUT2D eigenvalue weighted by Gasteiger charge is 2.10. The molecule has 10 heteroatoms. The summed E-state index contributed by atoms with van der Waals surface area (Å²) >= 11 is 0. The van der Waals surface area contributed by atoms with Crippen molar-refractivity contribution in [3.63, 3.8) is 0 Å². The molecule has 0 amide bonds. The van der Waals surface area contributed by atoms with Crippen LogP contribution in [0.2, 0.25) is 0 Å². The number of nitrogens with zero attached hydrogens (tertiary/aromatic N) is 1. The quantitative estimate of drug-likeness (QED) is 0.559. The van der Waals surface area contributed by atoms with Gasteiger partial charge in [0, 0.05) is 19.4 Å². The Morgan fingerprint density at radius 3 is 2.80 bits per heavy atom. The first-order chi connectivity index (χ1) is 9.52. The molecular weight excluding hydrogens is 291 g/mol. The number of hydrogen-bond acceptors (Lipinski definition) is 6. The summed E-state index contributed by atoms with van der Waals surface area (Å²) in [6.07, 6.45) is 0.846. The average Bonchev–Trinajstić information content (AvgIpc) is 2.38. The van der Waals surface area contributed by atoms with Crippen molar-refractivity contribution < 1.29 is 23.5 Å². The highest BCUT2D eigenvalue weighted by atomic mass is 31.1. The number of hydrogen-bond donors (Lipinski definition) is 2. The molecule has 0 radical (unpaired) electrons. The summed E-state index contributed by atoms with van der Waals surface area (Å²) in [5.74, 6) is 0. The molecule has 1 aromatic rings. The smallest absolute Gasteiger partial charge is 0.328 e. The molecule has 2 N–H and O–H groups in total. The fourth-order valence-corrected chi connectivity index (χ4v) is 1.76. The van der Waals surface area contributed by atoms with Crippen molar-refractivity contribution in [2.24, 2.45) is 0 Å². The molecule has 0 saturated carbocycles. The maximum absolute atomic E-state index is 11.4. The van der Waals surface area contributed by atoms with E-state index in [4.69, 9.17) is 14.4 Å². The molecule has 9 nitrogen and oxygen atoms in total. The van der Waals surface area contributed by atoms with Crippen molar-refractivity contribution in [2.75, 3.05) is 26.9 Å². The van der Waals surface area contributed by atoms with Gasteiger partial charge in [-0.3, -0.25) is 18.9 Å². The van der Waals surface area contributed by atoms with Gasteiger partial charge in [0.15, 0.2) is 0 Å². The van der Waals surface area contributed by atoms with E-state index < -0.39 is 25.6 Å². The van der Waals surface area contributed by atoms with Gasteiger partial charge >= 0.3 is 13.9 Å². The lowest BCUT2D eigenvalue weighted by atomic mass is 10.4. The van der Waals surface area contributed by atoms with Crippen LogP contribution in [0, 0.1) is 0 Å².